The molecule has 0 aromatic carbocycles. The molecule has 0 radical (unpaired) electrons. The zero-order valence-electron chi connectivity index (χ0n) is 9.37. The molecule has 1 aromatic heterocycles. The summed E-state index contributed by atoms with van der Waals surface area (Å²) < 4.78 is 1.07. The Morgan fingerprint density at radius 2 is 2.12 bits per heavy atom. The van der Waals surface area contributed by atoms with E-state index in [0.717, 1.165) is 8.66 Å². The van der Waals surface area contributed by atoms with Gasteiger partial charge in [-0.3, -0.25) is 9.59 Å². The molecule has 0 aliphatic heterocycles. The van der Waals surface area contributed by atoms with Crippen molar-refractivity contribution in [1.82, 2.24) is 5.32 Å². The van der Waals surface area contributed by atoms with Crippen molar-refractivity contribution in [3.63, 3.8) is 0 Å². The van der Waals surface area contributed by atoms with E-state index in [4.69, 9.17) is 0 Å². The number of hydrogen-bond donors (Lipinski definition) is 1. The average Bonchev–Trinajstić information content (AvgIpc) is 2.73. The Labute approximate surface area is 113 Å². The van der Waals surface area contributed by atoms with Gasteiger partial charge in [0.2, 0.25) is 5.91 Å². The third-order valence-electron chi connectivity index (χ3n) is 2.98. The summed E-state index contributed by atoms with van der Waals surface area (Å²) in [4.78, 5) is 24.1. The van der Waals surface area contributed by atoms with Gasteiger partial charge in [-0.25, -0.2) is 0 Å². The lowest BCUT2D eigenvalue weighted by Crippen LogP contribution is -2.32. The normalized spacial score (nSPS) is 17.1. The van der Waals surface area contributed by atoms with Crippen molar-refractivity contribution in [3.05, 3.63) is 20.8 Å². The SMILES string of the molecule is O=C1CCC(C(=O)NCc2ccc(Br)s2)CC1. The van der Waals surface area contributed by atoms with Crippen molar-refractivity contribution in [2.24, 2.45) is 5.92 Å². The minimum Gasteiger partial charge on any atom is -0.351 e. The monoisotopic (exact) mass is 315 g/mol. The molecule has 1 aliphatic rings. The predicted octanol–water partition coefficient (Wildman–Crippen LogP) is 2.89. The molecule has 0 atom stereocenters. The summed E-state index contributed by atoms with van der Waals surface area (Å²) in [6.45, 7) is 0.583. The van der Waals surface area contributed by atoms with E-state index >= 15 is 0 Å². The van der Waals surface area contributed by atoms with Crippen molar-refractivity contribution >= 4 is 39.0 Å². The molecule has 1 aliphatic carbocycles. The average molecular weight is 316 g/mol. The molecule has 0 spiro atoms. The van der Waals surface area contributed by atoms with Crippen LogP contribution in [-0.4, -0.2) is 11.7 Å². The van der Waals surface area contributed by atoms with Gasteiger partial charge in [-0.1, -0.05) is 0 Å². The van der Waals surface area contributed by atoms with Crippen LogP contribution in [0.3, 0.4) is 0 Å². The van der Waals surface area contributed by atoms with E-state index in [1.54, 1.807) is 11.3 Å². The summed E-state index contributed by atoms with van der Waals surface area (Å²) in [5.41, 5.74) is 0. The molecule has 1 amide bonds. The van der Waals surface area contributed by atoms with Crippen LogP contribution in [0, 0.1) is 5.92 Å². The lowest BCUT2D eigenvalue weighted by Gasteiger charge is -2.19. The summed E-state index contributed by atoms with van der Waals surface area (Å²) in [7, 11) is 0. The second kappa shape index (κ2) is 5.78. The Morgan fingerprint density at radius 1 is 1.41 bits per heavy atom. The Bertz CT molecular complexity index is 420. The third kappa shape index (κ3) is 3.64. The van der Waals surface area contributed by atoms with E-state index in [2.05, 4.69) is 21.2 Å². The fourth-order valence-electron chi connectivity index (χ4n) is 1.97. The smallest absolute Gasteiger partial charge is 0.223 e. The maximum absolute atomic E-state index is 11.9. The van der Waals surface area contributed by atoms with Crippen molar-refractivity contribution in [1.29, 1.82) is 0 Å². The Hall–Kier alpha value is -0.680. The second-order valence-electron chi connectivity index (χ2n) is 4.24. The van der Waals surface area contributed by atoms with Crippen molar-refractivity contribution in [2.75, 3.05) is 0 Å². The molecule has 1 aromatic rings. The van der Waals surface area contributed by atoms with Gasteiger partial charge in [-0.2, -0.15) is 0 Å². The molecule has 1 heterocycles. The maximum Gasteiger partial charge on any atom is 0.223 e. The first-order valence-electron chi connectivity index (χ1n) is 5.69. The molecule has 1 saturated carbocycles. The molecule has 0 saturated heterocycles. The Morgan fingerprint density at radius 3 is 2.71 bits per heavy atom. The molecule has 17 heavy (non-hydrogen) atoms. The Kier molecular flexibility index (Phi) is 4.34. The van der Waals surface area contributed by atoms with Gasteiger partial charge < -0.3 is 5.32 Å². The minimum absolute atomic E-state index is 0.0242. The van der Waals surface area contributed by atoms with E-state index < -0.39 is 0 Å². The van der Waals surface area contributed by atoms with Gasteiger partial charge in [-0.15, -0.1) is 11.3 Å². The molecule has 5 heteroatoms. The van der Waals surface area contributed by atoms with Gasteiger partial charge in [0.1, 0.15) is 5.78 Å². The topological polar surface area (TPSA) is 46.2 Å². The first-order chi connectivity index (χ1) is 8.15. The van der Waals surface area contributed by atoms with Crippen LogP contribution in [0.1, 0.15) is 30.6 Å². The summed E-state index contributed by atoms with van der Waals surface area (Å²) in [6, 6.07) is 3.98. The van der Waals surface area contributed by atoms with Gasteiger partial charge >= 0.3 is 0 Å². The van der Waals surface area contributed by atoms with E-state index in [-0.39, 0.29) is 17.6 Å². The van der Waals surface area contributed by atoms with Crippen LogP contribution in [0.15, 0.2) is 15.9 Å². The molecule has 92 valence electrons. The van der Waals surface area contributed by atoms with Crippen LogP contribution in [0.25, 0.3) is 0 Å². The van der Waals surface area contributed by atoms with Gasteiger partial charge in [-0.05, 0) is 40.9 Å². The maximum atomic E-state index is 11.9. The van der Waals surface area contributed by atoms with Crippen LogP contribution in [0.5, 0.6) is 0 Å². The quantitative estimate of drug-likeness (QED) is 0.932. The van der Waals surface area contributed by atoms with Gasteiger partial charge in [0, 0.05) is 23.6 Å². The van der Waals surface area contributed by atoms with E-state index in [9.17, 15) is 9.59 Å². The van der Waals surface area contributed by atoms with E-state index in [0.29, 0.717) is 32.2 Å². The highest BCUT2D eigenvalue weighted by molar-refractivity contribution is 9.11. The third-order valence-corrected chi connectivity index (χ3v) is 4.60. The molecule has 3 nitrogen and oxygen atoms in total. The fraction of sp³-hybridized carbons (Fsp3) is 0.500. The first kappa shape index (κ1) is 12.8. The Balaban J connectivity index is 1.79. The molecule has 0 bridgehead atoms. The van der Waals surface area contributed by atoms with E-state index in [1.807, 2.05) is 12.1 Å². The number of ketones is 1. The van der Waals surface area contributed by atoms with Crippen LogP contribution >= 0.6 is 27.3 Å². The number of halogens is 1. The molecular formula is C12H14BrNO2S. The number of thiophene rings is 1. The zero-order chi connectivity index (χ0) is 12.3. The summed E-state index contributed by atoms with van der Waals surface area (Å²) in [5, 5.41) is 2.94. The molecule has 1 N–H and O–H groups in total. The highest BCUT2D eigenvalue weighted by Gasteiger charge is 2.24. The van der Waals surface area contributed by atoms with E-state index in [1.165, 1.54) is 0 Å². The number of rotatable bonds is 3. The predicted molar refractivity (Wildman–Crippen MR) is 70.8 cm³/mol. The summed E-state index contributed by atoms with van der Waals surface area (Å²) in [5.74, 6) is 0.398. The highest BCUT2D eigenvalue weighted by atomic mass is 79.9. The lowest BCUT2D eigenvalue weighted by atomic mass is 9.88. The number of hydrogen-bond acceptors (Lipinski definition) is 3. The zero-order valence-corrected chi connectivity index (χ0v) is 11.8. The number of amides is 1. The largest absolute Gasteiger partial charge is 0.351 e. The number of carbonyl (C=O) groups is 2. The second-order valence-corrected chi connectivity index (χ2v) is 6.78. The van der Waals surface area contributed by atoms with Gasteiger partial charge in [0.15, 0.2) is 0 Å². The van der Waals surface area contributed by atoms with Crippen LogP contribution in [-0.2, 0) is 16.1 Å². The first-order valence-corrected chi connectivity index (χ1v) is 7.30. The van der Waals surface area contributed by atoms with Crippen molar-refractivity contribution in [2.45, 2.75) is 32.2 Å². The summed E-state index contributed by atoms with van der Waals surface area (Å²) in [6.07, 6.45) is 2.53. The molecule has 1 fully saturated rings. The summed E-state index contributed by atoms with van der Waals surface area (Å²) >= 11 is 5.02. The minimum atomic E-state index is 0.0242. The van der Waals surface area contributed by atoms with Crippen LogP contribution in [0.2, 0.25) is 0 Å². The van der Waals surface area contributed by atoms with Crippen molar-refractivity contribution < 1.29 is 9.59 Å². The standard InChI is InChI=1S/C12H14BrNO2S/c13-11-6-5-10(17-11)7-14-12(16)8-1-3-9(15)4-2-8/h5-6,8H,1-4,7H2,(H,14,16). The molecular weight excluding hydrogens is 302 g/mol. The fourth-order valence-corrected chi connectivity index (χ4v) is 3.39. The number of Topliss-reactive ketones (excluding diaryl/α,β-unsaturated/α-hetero) is 1. The molecule has 0 unspecified atom stereocenters. The highest BCUT2D eigenvalue weighted by Crippen LogP contribution is 2.23. The number of nitrogens with one attached hydrogen (secondary N) is 1. The van der Waals surface area contributed by atoms with Gasteiger partial charge in [0.05, 0.1) is 10.3 Å². The van der Waals surface area contributed by atoms with Crippen molar-refractivity contribution in [3.8, 4) is 0 Å². The van der Waals surface area contributed by atoms with Crippen LogP contribution < -0.4 is 5.32 Å². The van der Waals surface area contributed by atoms with Crippen LogP contribution in [0.4, 0.5) is 0 Å². The molecule has 2 rings (SSSR count). The number of carbonyl (C=O) groups excluding carboxylic acids is 2. The van der Waals surface area contributed by atoms with Gasteiger partial charge in [0.25, 0.3) is 0 Å². The lowest BCUT2D eigenvalue weighted by molar-refractivity contribution is -0.128.